The molecule has 1 aliphatic carbocycles. The van der Waals surface area contributed by atoms with Gasteiger partial charge in [-0.15, -0.1) is 0 Å². The summed E-state index contributed by atoms with van der Waals surface area (Å²) in [5, 5.41) is 12.7. The molecule has 2 nitrogen and oxygen atoms in total. The van der Waals surface area contributed by atoms with Gasteiger partial charge in [0.1, 0.15) is 0 Å². The van der Waals surface area contributed by atoms with Gasteiger partial charge in [0.2, 0.25) is 0 Å². The van der Waals surface area contributed by atoms with E-state index in [4.69, 9.17) is 5.11 Å². The summed E-state index contributed by atoms with van der Waals surface area (Å²) in [6, 6.07) is 11.0. The number of rotatable bonds is 5. The summed E-state index contributed by atoms with van der Waals surface area (Å²) in [5.74, 6) is 0.335. The third kappa shape index (κ3) is 3.21. The summed E-state index contributed by atoms with van der Waals surface area (Å²) in [5.41, 5.74) is 1.49. The van der Waals surface area contributed by atoms with Crippen molar-refractivity contribution in [1.82, 2.24) is 5.32 Å². The maximum absolute atomic E-state index is 9.11. The van der Waals surface area contributed by atoms with E-state index < -0.39 is 0 Å². The summed E-state index contributed by atoms with van der Waals surface area (Å²) in [7, 11) is 0. The Kier molecular flexibility index (Phi) is 4.20. The first-order chi connectivity index (χ1) is 8.62. The Balaban J connectivity index is 1.88. The van der Waals surface area contributed by atoms with Gasteiger partial charge in [-0.3, -0.25) is 0 Å². The van der Waals surface area contributed by atoms with E-state index in [1.807, 2.05) is 0 Å². The highest BCUT2D eigenvalue weighted by Crippen LogP contribution is 2.23. The molecular formula is C16H23NO. The van der Waals surface area contributed by atoms with Gasteiger partial charge in [-0.05, 0) is 12.0 Å². The molecule has 1 aliphatic rings. The summed E-state index contributed by atoms with van der Waals surface area (Å²) in [6.07, 6.45) is 5.32. The Bertz CT molecular complexity index is 397. The van der Waals surface area contributed by atoms with E-state index in [0.29, 0.717) is 12.0 Å². The van der Waals surface area contributed by atoms with Gasteiger partial charge >= 0.3 is 0 Å². The fourth-order valence-electron chi connectivity index (χ4n) is 2.44. The molecule has 0 saturated heterocycles. The van der Waals surface area contributed by atoms with Crippen LogP contribution in [0, 0.1) is 5.92 Å². The summed E-state index contributed by atoms with van der Waals surface area (Å²) < 4.78 is 0. The van der Waals surface area contributed by atoms with E-state index in [1.54, 1.807) is 0 Å². The number of hydrogen-bond donors (Lipinski definition) is 2. The number of benzene rings is 1. The predicted molar refractivity (Wildman–Crippen MR) is 75.6 cm³/mol. The second-order valence-corrected chi connectivity index (χ2v) is 5.80. The molecular weight excluding hydrogens is 222 g/mol. The van der Waals surface area contributed by atoms with Crippen LogP contribution < -0.4 is 5.32 Å². The first-order valence-electron chi connectivity index (χ1n) is 6.70. The predicted octanol–water partition coefficient (Wildman–Crippen LogP) is 2.49. The molecule has 0 bridgehead atoms. The van der Waals surface area contributed by atoms with Crippen LogP contribution in [0.25, 0.3) is 0 Å². The average Bonchev–Trinajstić information content (AvgIpc) is 2.86. The minimum Gasteiger partial charge on any atom is -0.396 e. The number of aliphatic hydroxyl groups is 1. The SMILES string of the molecule is CC(C)(CN[C@@H]1C=C[C@H](CO)C1)c1ccccc1. The third-order valence-electron chi connectivity index (χ3n) is 3.77. The second-order valence-electron chi connectivity index (χ2n) is 5.80. The van der Waals surface area contributed by atoms with Crippen molar-refractivity contribution in [3.05, 3.63) is 48.0 Å². The monoisotopic (exact) mass is 245 g/mol. The van der Waals surface area contributed by atoms with E-state index in [9.17, 15) is 0 Å². The molecule has 2 rings (SSSR count). The number of aliphatic hydroxyl groups excluding tert-OH is 1. The summed E-state index contributed by atoms with van der Waals surface area (Å²) in [6.45, 7) is 5.73. The van der Waals surface area contributed by atoms with Gasteiger partial charge in [0.05, 0.1) is 0 Å². The lowest BCUT2D eigenvalue weighted by Crippen LogP contribution is -2.38. The van der Waals surface area contributed by atoms with Crippen LogP contribution >= 0.6 is 0 Å². The Morgan fingerprint density at radius 1 is 1.22 bits per heavy atom. The van der Waals surface area contributed by atoms with Gasteiger partial charge in [0, 0.05) is 30.5 Å². The highest BCUT2D eigenvalue weighted by Gasteiger charge is 2.23. The van der Waals surface area contributed by atoms with Crippen molar-refractivity contribution in [2.75, 3.05) is 13.2 Å². The van der Waals surface area contributed by atoms with E-state index in [-0.39, 0.29) is 12.0 Å². The molecule has 0 radical (unpaired) electrons. The van der Waals surface area contributed by atoms with Crippen molar-refractivity contribution < 1.29 is 5.11 Å². The zero-order valence-electron chi connectivity index (χ0n) is 11.3. The number of nitrogens with one attached hydrogen (secondary N) is 1. The topological polar surface area (TPSA) is 32.3 Å². The average molecular weight is 245 g/mol. The van der Waals surface area contributed by atoms with E-state index in [0.717, 1.165) is 13.0 Å². The largest absolute Gasteiger partial charge is 0.396 e. The molecule has 0 fully saturated rings. The molecule has 0 saturated carbocycles. The Labute approximate surface area is 110 Å². The molecule has 1 aromatic carbocycles. The minimum absolute atomic E-state index is 0.131. The Morgan fingerprint density at radius 2 is 1.94 bits per heavy atom. The second kappa shape index (κ2) is 5.68. The minimum atomic E-state index is 0.131. The molecule has 0 amide bonds. The molecule has 0 spiro atoms. The number of hydrogen-bond acceptors (Lipinski definition) is 2. The zero-order chi connectivity index (χ0) is 13.0. The van der Waals surface area contributed by atoms with Crippen molar-refractivity contribution >= 4 is 0 Å². The van der Waals surface area contributed by atoms with Crippen molar-refractivity contribution in [2.24, 2.45) is 5.92 Å². The zero-order valence-corrected chi connectivity index (χ0v) is 11.3. The molecule has 98 valence electrons. The van der Waals surface area contributed by atoms with Gasteiger partial charge < -0.3 is 10.4 Å². The standard InChI is InChI=1S/C16H23NO/c1-16(2,14-6-4-3-5-7-14)12-17-15-9-8-13(10-15)11-18/h3-9,13,15,17-18H,10-12H2,1-2H3/t13-,15+/m0/s1. The molecule has 0 aromatic heterocycles. The van der Waals surface area contributed by atoms with Crippen LogP contribution in [0.2, 0.25) is 0 Å². The summed E-state index contributed by atoms with van der Waals surface area (Å²) in [4.78, 5) is 0. The van der Waals surface area contributed by atoms with Crippen LogP contribution in [-0.2, 0) is 5.41 Å². The Morgan fingerprint density at radius 3 is 2.56 bits per heavy atom. The van der Waals surface area contributed by atoms with Crippen LogP contribution in [0.1, 0.15) is 25.8 Å². The fourth-order valence-corrected chi connectivity index (χ4v) is 2.44. The first kappa shape index (κ1) is 13.3. The highest BCUT2D eigenvalue weighted by molar-refractivity contribution is 5.24. The van der Waals surface area contributed by atoms with Gasteiger partial charge in [0.15, 0.2) is 0 Å². The highest BCUT2D eigenvalue weighted by atomic mass is 16.3. The fraction of sp³-hybridized carbons (Fsp3) is 0.500. The lowest BCUT2D eigenvalue weighted by Gasteiger charge is -2.27. The maximum Gasteiger partial charge on any atom is 0.0494 e. The quantitative estimate of drug-likeness (QED) is 0.781. The van der Waals surface area contributed by atoms with Crippen molar-refractivity contribution in [3.63, 3.8) is 0 Å². The first-order valence-corrected chi connectivity index (χ1v) is 6.70. The molecule has 2 heteroatoms. The van der Waals surface area contributed by atoms with Crippen molar-refractivity contribution in [2.45, 2.75) is 31.7 Å². The molecule has 2 atom stereocenters. The van der Waals surface area contributed by atoms with Crippen LogP contribution in [-0.4, -0.2) is 24.3 Å². The molecule has 1 aromatic rings. The van der Waals surface area contributed by atoms with E-state index >= 15 is 0 Å². The molecule has 0 heterocycles. The van der Waals surface area contributed by atoms with E-state index in [2.05, 4.69) is 61.6 Å². The molecule has 0 unspecified atom stereocenters. The van der Waals surface area contributed by atoms with Gasteiger partial charge in [0.25, 0.3) is 0 Å². The van der Waals surface area contributed by atoms with Gasteiger partial charge in [-0.1, -0.05) is 56.3 Å². The van der Waals surface area contributed by atoms with Crippen LogP contribution in [0.5, 0.6) is 0 Å². The molecule has 18 heavy (non-hydrogen) atoms. The van der Waals surface area contributed by atoms with Crippen LogP contribution in [0.3, 0.4) is 0 Å². The van der Waals surface area contributed by atoms with Gasteiger partial charge in [-0.2, -0.15) is 0 Å². The maximum atomic E-state index is 9.11. The van der Waals surface area contributed by atoms with Crippen molar-refractivity contribution in [1.29, 1.82) is 0 Å². The summed E-state index contributed by atoms with van der Waals surface area (Å²) >= 11 is 0. The molecule has 2 N–H and O–H groups in total. The third-order valence-corrected chi connectivity index (χ3v) is 3.77. The van der Waals surface area contributed by atoms with E-state index in [1.165, 1.54) is 5.56 Å². The van der Waals surface area contributed by atoms with Crippen LogP contribution in [0.15, 0.2) is 42.5 Å². The van der Waals surface area contributed by atoms with Crippen LogP contribution in [0.4, 0.5) is 0 Å². The lowest BCUT2D eigenvalue weighted by molar-refractivity contribution is 0.245. The van der Waals surface area contributed by atoms with Gasteiger partial charge in [-0.25, -0.2) is 0 Å². The smallest absolute Gasteiger partial charge is 0.0494 e. The normalized spacial score (nSPS) is 23.5. The van der Waals surface area contributed by atoms with Crippen molar-refractivity contribution in [3.8, 4) is 0 Å². The Hall–Kier alpha value is -1.12. The molecule has 0 aliphatic heterocycles. The lowest BCUT2D eigenvalue weighted by atomic mass is 9.84.